The molecule has 0 heterocycles. The first-order valence-corrected chi connectivity index (χ1v) is 14.0. The van der Waals surface area contributed by atoms with Gasteiger partial charge in [0.05, 0.1) is 26.4 Å². The summed E-state index contributed by atoms with van der Waals surface area (Å²) in [7, 11) is -4.08. The summed E-state index contributed by atoms with van der Waals surface area (Å²) in [6.45, 7) is 9.26. The summed E-state index contributed by atoms with van der Waals surface area (Å²) in [4.78, 5) is 1.61. The normalized spacial score (nSPS) is 12.6. The van der Waals surface area contributed by atoms with E-state index in [-0.39, 0.29) is 56.0 Å². The fraction of sp³-hybridized carbons (Fsp3) is 1.00. The van der Waals surface area contributed by atoms with Crippen molar-refractivity contribution in [2.24, 2.45) is 0 Å². The van der Waals surface area contributed by atoms with E-state index in [1.807, 2.05) is 27.7 Å². The minimum Gasteiger partial charge on any atom is -0.307 e. The molecule has 0 spiro atoms. The molecule has 7 nitrogen and oxygen atoms in total. The van der Waals surface area contributed by atoms with Gasteiger partial charge in [-0.2, -0.15) is 0 Å². The molecule has 0 amide bonds. The Morgan fingerprint density at radius 1 is 0.621 bits per heavy atom. The number of nitrogens with zero attached hydrogens (tertiary/aromatic N) is 1. The molecule has 1 radical (unpaired) electrons. The maximum Gasteiger partial charge on any atom is 0.360 e. The van der Waals surface area contributed by atoms with Crippen molar-refractivity contribution in [1.82, 2.24) is 4.90 Å². The Balaban J connectivity index is 0. The Morgan fingerprint density at radius 3 is 1.03 bits per heavy atom. The quantitative estimate of drug-likeness (QED) is 0.129. The summed E-state index contributed by atoms with van der Waals surface area (Å²) >= 11 is 0. The van der Waals surface area contributed by atoms with Crippen LogP contribution >= 0.6 is 15.2 Å². The zero-order valence-electron chi connectivity index (χ0n) is 19.9. The van der Waals surface area contributed by atoms with Gasteiger partial charge in [-0.15, -0.1) is 0 Å². The van der Waals surface area contributed by atoms with Gasteiger partial charge < -0.3 is 18.1 Å². The molecule has 0 bridgehead atoms. The van der Waals surface area contributed by atoms with Crippen LogP contribution in [0.5, 0.6) is 0 Å². The first-order valence-electron chi connectivity index (χ1n) is 10.7. The van der Waals surface area contributed by atoms with Crippen molar-refractivity contribution in [1.29, 1.82) is 0 Å². The van der Waals surface area contributed by atoms with E-state index in [9.17, 15) is 9.13 Å². The maximum atomic E-state index is 13.8. The Kier molecular flexibility index (Phi) is 21.0. The molecule has 0 saturated carbocycles. The molecule has 29 heavy (non-hydrogen) atoms. The predicted octanol–water partition coefficient (Wildman–Crippen LogP) is 6.10. The number of rotatable bonds is 19. The molecule has 0 aromatic rings. The fourth-order valence-corrected chi connectivity index (χ4v) is 7.96. The van der Waals surface area contributed by atoms with Gasteiger partial charge in [0.1, 0.15) is 0 Å². The van der Waals surface area contributed by atoms with Gasteiger partial charge in [0.15, 0.2) is 0 Å². The van der Waals surface area contributed by atoms with E-state index in [0.717, 1.165) is 51.4 Å². The molecule has 0 N–H and O–H groups in total. The van der Waals surface area contributed by atoms with E-state index in [4.69, 9.17) is 18.1 Å². The standard InChI is InChI=1S/C19H43NO6P2.Na/c1-7-11-15-23-27(21,24-16-12-8-2)19(20(5)6)28(22,25-17-13-9-3)26-18-14-10-4;/h19H,7-18H2,1-6H3;. The first kappa shape index (κ1) is 32.4. The van der Waals surface area contributed by atoms with Crippen molar-refractivity contribution < 1.29 is 27.2 Å². The van der Waals surface area contributed by atoms with Crippen LogP contribution < -0.4 is 0 Å². The van der Waals surface area contributed by atoms with Gasteiger partial charge in [0.2, 0.25) is 5.52 Å². The molecule has 0 rings (SSSR count). The largest absolute Gasteiger partial charge is 0.360 e. The predicted molar refractivity (Wildman–Crippen MR) is 122 cm³/mol. The number of hydrogen-bond donors (Lipinski definition) is 0. The second-order valence-electron chi connectivity index (χ2n) is 7.14. The molecule has 0 aromatic heterocycles. The van der Waals surface area contributed by atoms with Crippen molar-refractivity contribution >= 4 is 44.7 Å². The van der Waals surface area contributed by atoms with Crippen LogP contribution in [-0.4, -0.2) is 80.5 Å². The van der Waals surface area contributed by atoms with Gasteiger partial charge in [0.25, 0.3) is 0 Å². The van der Waals surface area contributed by atoms with Crippen LogP contribution in [-0.2, 0) is 27.2 Å². The maximum absolute atomic E-state index is 13.8. The van der Waals surface area contributed by atoms with E-state index >= 15 is 0 Å². The molecule has 0 atom stereocenters. The monoisotopic (exact) mass is 466 g/mol. The molecule has 0 fully saturated rings. The molecule has 0 aromatic carbocycles. The number of unbranched alkanes of at least 4 members (excludes halogenated alkanes) is 4. The Morgan fingerprint density at radius 2 is 0.862 bits per heavy atom. The van der Waals surface area contributed by atoms with Crippen LogP contribution in [0.1, 0.15) is 79.1 Å². The van der Waals surface area contributed by atoms with Gasteiger partial charge >= 0.3 is 15.2 Å². The number of hydrogen-bond acceptors (Lipinski definition) is 7. The van der Waals surface area contributed by atoms with Crippen molar-refractivity contribution in [3.63, 3.8) is 0 Å². The van der Waals surface area contributed by atoms with E-state index in [1.165, 1.54) is 0 Å². The molecular formula is C19H43NNaO6P2. The van der Waals surface area contributed by atoms with Crippen LogP contribution in [0, 0.1) is 0 Å². The van der Waals surface area contributed by atoms with E-state index in [0.29, 0.717) is 0 Å². The molecule has 0 aliphatic heterocycles. The third-order valence-electron chi connectivity index (χ3n) is 4.10. The average Bonchev–Trinajstić information content (AvgIpc) is 2.62. The summed E-state index contributed by atoms with van der Waals surface area (Å²) in [5.41, 5.74) is -1.08. The van der Waals surface area contributed by atoms with Gasteiger partial charge in [-0.25, -0.2) is 0 Å². The Bertz CT molecular complexity index is 416. The SMILES string of the molecule is CCCCOP(=O)(OCCCC)C(N(C)C)P(=O)(OCCCC)OCCCC.[Na]. The summed E-state index contributed by atoms with van der Waals surface area (Å²) < 4.78 is 50.6. The second-order valence-corrected chi connectivity index (χ2v) is 11.7. The van der Waals surface area contributed by atoms with Crippen LogP contribution in [0.25, 0.3) is 0 Å². The zero-order valence-corrected chi connectivity index (χ0v) is 23.6. The smallest absolute Gasteiger partial charge is 0.307 e. The van der Waals surface area contributed by atoms with Gasteiger partial charge in [0, 0.05) is 29.6 Å². The van der Waals surface area contributed by atoms with E-state index < -0.39 is 20.7 Å². The Labute approximate surface area is 201 Å². The van der Waals surface area contributed by atoms with Gasteiger partial charge in [-0.05, 0) is 39.8 Å². The minimum atomic E-state index is -3.75. The van der Waals surface area contributed by atoms with Crippen LogP contribution in [0.2, 0.25) is 0 Å². The van der Waals surface area contributed by atoms with Crippen molar-refractivity contribution in [3.8, 4) is 0 Å². The van der Waals surface area contributed by atoms with Crippen LogP contribution in [0.4, 0.5) is 0 Å². The van der Waals surface area contributed by atoms with Gasteiger partial charge in [-0.1, -0.05) is 53.4 Å². The third-order valence-corrected chi connectivity index (χ3v) is 10.0. The molecule has 0 saturated heterocycles. The van der Waals surface area contributed by atoms with Gasteiger partial charge in [-0.3, -0.25) is 14.0 Å². The Hall–Kier alpha value is 1.26. The summed E-state index contributed by atoms with van der Waals surface area (Å²) in [5, 5.41) is 0. The molecular weight excluding hydrogens is 423 g/mol. The fourth-order valence-electron chi connectivity index (χ4n) is 2.42. The van der Waals surface area contributed by atoms with Crippen molar-refractivity contribution in [2.75, 3.05) is 40.5 Å². The summed E-state index contributed by atoms with van der Waals surface area (Å²) in [6.07, 6.45) is 6.60. The van der Waals surface area contributed by atoms with E-state index in [1.54, 1.807) is 19.0 Å². The second kappa shape index (κ2) is 18.8. The average molecular weight is 466 g/mol. The molecule has 10 heteroatoms. The summed E-state index contributed by atoms with van der Waals surface area (Å²) in [6, 6.07) is 0. The van der Waals surface area contributed by atoms with Crippen LogP contribution in [0.15, 0.2) is 0 Å². The summed E-state index contributed by atoms with van der Waals surface area (Å²) in [5.74, 6) is 0. The first-order chi connectivity index (χ1) is 13.3. The zero-order chi connectivity index (χ0) is 21.5. The molecule has 0 aliphatic rings. The topological polar surface area (TPSA) is 74.3 Å². The minimum absolute atomic E-state index is 0. The van der Waals surface area contributed by atoms with Crippen molar-refractivity contribution in [2.45, 2.75) is 84.6 Å². The van der Waals surface area contributed by atoms with Crippen molar-refractivity contribution in [3.05, 3.63) is 0 Å². The third kappa shape index (κ3) is 12.8. The van der Waals surface area contributed by atoms with Crippen LogP contribution in [0.3, 0.4) is 0 Å². The molecule has 0 unspecified atom stereocenters. The van der Waals surface area contributed by atoms with E-state index in [2.05, 4.69) is 0 Å². The molecule has 171 valence electrons. The molecule has 0 aliphatic carbocycles.